The van der Waals surface area contributed by atoms with Gasteiger partial charge < -0.3 is 39.0 Å². The monoisotopic (exact) mass is 604 g/mol. The molecule has 238 valence electrons. The molecule has 8 aliphatic rings. The van der Waals surface area contributed by atoms with Gasteiger partial charge in [0, 0.05) is 49.0 Å². The number of carbonyl (C=O) groups excluding carboxylic acids is 3. The van der Waals surface area contributed by atoms with Crippen LogP contribution in [0.15, 0.2) is 0 Å². The molecule has 0 radical (unpaired) electrons. The third-order valence-electron chi connectivity index (χ3n) is 14.6. The number of epoxide rings is 2. The summed E-state index contributed by atoms with van der Waals surface area (Å²) < 4.78 is 30.4. The molecule has 0 aromatic carbocycles. The highest BCUT2D eigenvalue weighted by Gasteiger charge is 2.85. The zero-order valence-corrected chi connectivity index (χ0v) is 25.6. The predicted molar refractivity (Wildman–Crippen MR) is 145 cm³/mol. The summed E-state index contributed by atoms with van der Waals surface area (Å²) in [6.45, 7) is 10.2. The van der Waals surface area contributed by atoms with Crippen LogP contribution in [0.3, 0.4) is 0 Å². The van der Waals surface area contributed by atoms with Crippen molar-refractivity contribution in [2.75, 3.05) is 6.61 Å². The number of hydrogen-bond donors (Lipinski definition) is 3. The molecule has 8 rings (SSSR count). The Labute approximate surface area is 250 Å². The van der Waals surface area contributed by atoms with E-state index in [4.69, 9.17) is 23.7 Å². The molecule has 3 N–H and O–H groups in total. The number of rotatable bonds is 3. The van der Waals surface area contributed by atoms with Gasteiger partial charge in [-0.05, 0) is 55.8 Å². The fourth-order valence-electron chi connectivity index (χ4n) is 12.4. The highest BCUT2D eigenvalue weighted by atomic mass is 16.6. The Bertz CT molecular complexity index is 1300. The molecule has 0 amide bonds. The van der Waals surface area contributed by atoms with Gasteiger partial charge in [-0.15, -0.1) is 0 Å². The lowest BCUT2D eigenvalue weighted by Gasteiger charge is -2.64. The van der Waals surface area contributed by atoms with E-state index >= 15 is 0 Å². The molecule has 18 atom stereocenters. The summed E-state index contributed by atoms with van der Waals surface area (Å²) >= 11 is 0. The number of aliphatic hydroxyl groups excluding tert-OH is 1. The molecule has 2 bridgehead atoms. The summed E-state index contributed by atoms with van der Waals surface area (Å²) in [6.07, 6.45) is -1.19. The van der Waals surface area contributed by atoms with Crippen molar-refractivity contribution in [1.29, 1.82) is 0 Å². The van der Waals surface area contributed by atoms with Crippen LogP contribution in [-0.4, -0.2) is 93.8 Å². The van der Waals surface area contributed by atoms with Crippen molar-refractivity contribution >= 4 is 17.9 Å². The number of carbonyl (C=O) groups is 3. The quantitative estimate of drug-likeness (QED) is 0.240. The molecule has 0 unspecified atom stereocenters. The van der Waals surface area contributed by atoms with E-state index in [1.54, 1.807) is 0 Å². The van der Waals surface area contributed by atoms with Crippen molar-refractivity contribution < 1.29 is 53.4 Å². The fourth-order valence-corrected chi connectivity index (χ4v) is 12.4. The van der Waals surface area contributed by atoms with Crippen molar-refractivity contribution in [3.63, 3.8) is 0 Å². The van der Waals surface area contributed by atoms with Gasteiger partial charge in [-0.3, -0.25) is 9.59 Å². The summed E-state index contributed by atoms with van der Waals surface area (Å²) in [5.74, 6) is -2.71. The predicted octanol–water partition coefficient (Wildman–Crippen LogP) is 1.13. The van der Waals surface area contributed by atoms with E-state index < -0.39 is 69.8 Å². The minimum Gasteiger partial charge on any atom is -0.462 e. The van der Waals surface area contributed by atoms with Gasteiger partial charge in [-0.25, -0.2) is 4.79 Å². The Hall–Kier alpha value is -1.79. The van der Waals surface area contributed by atoms with Crippen molar-refractivity contribution in [3.05, 3.63) is 0 Å². The first kappa shape index (κ1) is 28.7. The van der Waals surface area contributed by atoms with E-state index in [1.165, 1.54) is 20.8 Å². The third kappa shape index (κ3) is 3.16. The lowest BCUT2D eigenvalue weighted by atomic mass is 9.41. The standard InChI is InChI=1S/C32H44O11/c1-12(34)39-20-8-16-21(24-26(43-24)32(38)10-19-23(41-19)25(30(16,32)5)40-13(2)35)15-7-17-22(29(15,20)4)14(11-33)18-9-28(17,3)31(6,37)27(36)42-18/h14-26,33,37-38H,7-11H2,1-6H3/t14-,15+,16+,17-,18-,19+,20+,21+,22+,23+,24+,25+,26+,28+,29-,30+,31+,32+/m1/s1. The average Bonchev–Trinajstić information content (AvgIpc) is 3.82. The van der Waals surface area contributed by atoms with Crippen molar-refractivity contribution in [1.82, 2.24) is 0 Å². The van der Waals surface area contributed by atoms with Crippen LogP contribution in [0.1, 0.15) is 67.2 Å². The van der Waals surface area contributed by atoms with Crippen LogP contribution in [0.2, 0.25) is 0 Å². The van der Waals surface area contributed by atoms with E-state index in [2.05, 4.69) is 6.92 Å². The first-order valence-electron chi connectivity index (χ1n) is 16.0. The second-order valence-corrected chi connectivity index (χ2v) is 15.9. The molecule has 11 heteroatoms. The maximum Gasteiger partial charge on any atom is 0.338 e. The summed E-state index contributed by atoms with van der Waals surface area (Å²) in [5, 5.41) is 35.0. The summed E-state index contributed by atoms with van der Waals surface area (Å²) in [4.78, 5) is 38.3. The second-order valence-electron chi connectivity index (χ2n) is 15.9. The SMILES string of the molecule is CC(=O)O[C@H]1C[C@H]2[C@@H]([C@@H]3O[C@@H]3[C@@]3(O)C[C@@H]4O[C@@H]4[C@H](OC(C)=O)[C@]23C)[C@@H]2C[C@@H]3[C@H]([C@H](CO)[C@H]4C[C@]3(C)[C@@](C)(O)C(=O)O4)[C@@]12C. The second kappa shape index (κ2) is 8.32. The molecule has 0 spiro atoms. The Morgan fingerprint density at radius 2 is 1.60 bits per heavy atom. The van der Waals surface area contributed by atoms with Crippen LogP contribution in [0.5, 0.6) is 0 Å². The Morgan fingerprint density at radius 1 is 0.907 bits per heavy atom. The van der Waals surface area contributed by atoms with Crippen molar-refractivity contribution in [3.8, 4) is 0 Å². The molecule has 0 aromatic rings. The molecular weight excluding hydrogens is 560 g/mol. The topological polar surface area (TPSA) is 165 Å². The van der Waals surface area contributed by atoms with Gasteiger partial charge in [0.25, 0.3) is 0 Å². The normalized spacial score (nSPS) is 61.8. The van der Waals surface area contributed by atoms with Crippen LogP contribution in [-0.2, 0) is 38.1 Å². The number of ether oxygens (including phenoxy) is 5. The van der Waals surface area contributed by atoms with E-state index in [-0.39, 0.29) is 60.4 Å². The zero-order chi connectivity index (χ0) is 30.8. The van der Waals surface area contributed by atoms with Gasteiger partial charge in [-0.1, -0.05) is 20.8 Å². The molecule has 3 aliphatic heterocycles. The lowest BCUT2D eigenvalue weighted by Crippen LogP contribution is -2.73. The number of hydrogen-bond acceptors (Lipinski definition) is 11. The molecule has 43 heavy (non-hydrogen) atoms. The van der Waals surface area contributed by atoms with E-state index in [9.17, 15) is 29.7 Å². The highest BCUT2D eigenvalue weighted by molar-refractivity contribution is 5.81. The number of aliphatic hydroxyl groups is 3. The average molecular weight is 605 g/mol. The Balaban J connectivity index is 1.29. The Kier molecular flexibility index (Phi) is 5.55. The van der Waals surface area contributed by atoms with Crippen molar-refractivity contribution in [2.45, 2.75) is 121 Å². The summed E-state index contributed by atoms with van der Waals surface area (Å²) in [5.41, 5.74) is -5.43. The Morgan fingerprint density at radius 3 is 2.26 bits per heavy atom. The van der Waals surface area contributed by atoms with Gasteiger partial charge in [-0.2, -0.15) is 0 Å². The van der Waals surface area contributed by atoms with Crippen LogP contribution >= 0.6 is 0 Å². The van der Waals surface area contributed by atoms with E-state index in [1.807, 2.05) is 13.8 Å². The summed E-state index contributed by atoms with van der Waals surface area (Å²) in [6, 6.07) is 0. The van der Waals surface area contributed by atoms with E-state index in [0.717, 1.165) is 0 Å². The van der Waals surface area contributed by atoms with Crippen molar-refractivity contribution in [2.24, 2.45) is 51.8 Å². The van der Waals surface area contributed by atoms with Gasteiger partial charge in [0.15, 0.2) is 5.60 Å². The minimum atomic E-state index is -1.73. The van der Waals surface area contributed by atoms with Gasteiger partial charge in [0.05, 0.1) is 12.2 Å². The lowest BCUT2D eigenvalue weighted by molar-refractivity contribution is -0.263. The molecule has 3 saturated heterocycles. The van der Waals surface area contributed by atoms with Crippen LogP contribution in [0.4, 0.5) is 0 Å². The number of fused-ring (bicyclic) bond motifs is 14. The molecule has 3 heterocycles. The number of esters is 3. The smallest absolute Gasteiger partial charge is 0.338 e. The summed E-state index contributed by atoms with van der Waals surface area (Å²) in [7, 11) is 0. The molecule has 8 fully saturated rings. The van der Waals surface area contributed by atoms with Crippen LogP contribution in [0.25, 0.3) is 0 Å². The highest BCUT2D eigenvalue weighted by Crippen LogP contribution is 2.78. The molecular formula is C32H44O11. The van der Waals surface area contributed by atoms with Gasteiger partial charge >= 0.3 is 17.9 Å². The molecule has 5 aliphatic carbocycles. The first-order chi connectivity index (χ1) is 20.1. The van der Waals surface area contributed by atoms with Crippen LogP contribution < -0.4 is 0 Å². The molecule has 11 nitrogen and oxygen atoms in total. The molecule has 0 aromatic heterocycles. The minimum absolute atomic E-state index is 0.0737. The maximum absolute atomic E-state index is 13.1. The maximum atomic E-state index is 13.1. The van der Waals surface area contributed by atoms with Gasteiger partial charge in [0.1, 0.15) is 36.1 Å². The van der Waals surface area contributed by atoms with E-state index in [0.29, 0.717) is 25.7 Å². The largest absolute Gasteiger partial charge is 0.462 e. The third-order valence-corrected chi connectivity index (χ3v) is 14.6. The molecule has 5 saturated carbocycles. The fraction of sp³-hybridized carbons (Fsp3) is 0.906. The van der Waals surface area contributed by atoms with Crippen LogP contribution in [0, 0.1) is 51.8 Å². The van der Waals surface area contributed by atoms with Gasteiger partial charge in [0.2, 0.25) is 0 Å². The zero-order valence-electron chi connectivity index (χ0n) is 25.6. The first-order valence-corrected chi connectivity index (χ1v) is 16.0.